The molecular formula is C14H20ClNO. The first-order valence-electron chi connectivity index (χ1n) is 6.13. The lowest BCUT2D eigenvalue weighted by molar-refractivity contribution is 0.322. The molecule has 1 aromatic carbocycles. The van der Waals surface area contributed by atoms with Crippen LogP contribution in [0.5, 0.6) is 5.75 Å². The lowest BCUT2D eigenvalue weighted by Gasteiger charge is -2.30. The molecule has 0 spiro atoms. The Morgan fingerprint density at radius 1 is 1.47 bits per heavy atom. The zero-order valence-corrected chi connectivity index (χ0v) is 11.5. The van der Waals surface area contributed by atoms with Crippen molar-refractivity contribution < 1.29 is 4.74 Å². The minimum absolute atomic E-state index is 0.232. The molecule has 2 N–H and O–H groups in total. The second-order valence-electron chi connectivity index (χ2n) is 5.49. The van der Waals surface area contributed by atoms with Crippen LogP contribution in [0.2, 0.25) is 5.02 Å². The lowest BCUT2D eigenvalue weighted by Crippen LogP contribution is -2.43. The molecule has 0 saturated carbocycles. The standard InChI is InChI=1S/C14H20ClNO/c1-9(2)14(3,16)8-11-7-12(15)6-10-4-5-17-13(10)11/h6-7,9H,4-5,8,16H2,1-3H3. The second kappa shape index (κ2) is 4.51. The molecule has 1 heterocycles. The molecule has 17 heavy (non-hydrogen) atoms. The molecule has 0 saturated heterocycles. The Labute approximate surface area is 108 Å². The minimum Gasteiger partial charge on any atom is -0.493 e. The largest absolute Gasteiger partial charge is 0.493 e. The molecule has 1 aliphatic rings. The van der Waals surface area contributed by atoms with Gasteiger partial charge < -0.3 is 10.5 Å². The van der Waals surface area contributed by atoms with E-state index in [-0.39, 0.29) is 5.54 Å². The van der Waals surface area contributed by atoms with Gasteiger partial charge in [-0.15, -0.1) is 0 Å². The van der Waals surface area contributed by atoms with E-state index in [1.807, 2.05) is 12.1 Å². The topological polar surface area (TPSA) is 35.2 Å². The molecule has 2 nitrogen and oxygen atoms in total. The summed E-state index contributed by atoms with van der Waals surface area (Å²) in [6.07, 6.45) is 1.75. The molecule has 2 rings (SSSR count). The average molecular weight is 254 g/mol. The highest BCUT2D eigenvalue weighted by Crippen LogP contribution is 2.35. The van der Waals surface area contributed by atoms with Crippen LogP contribution < -0.4 is 10.5 Å². The predicted molar refractivity (Wildman–Crippen MR) is 71.8 cm³/mol. The summed E-state index contributed by atoms with van der Waals surface area (Å²) in [6.45, 7) is 7.13. The first kappa shape index (κ1) is 12.7. The van der Waals surface area contributed by atoms with Crippen molar-refractivity contribution in [3.8, 4) is 5.75 Å². The summed E-state index contributed by atoms with van der Waals surface area (Å²) < 4.78 is 5.70. The van der Waals surface area contributed by atoms with Gasteiger partial charge in [0.05, 0.1) is 6.61 Å². The molecule has 0 aromatic heterocycles. The van der Waals surface area contributed by atoms with E-state index < -0.39 is 0 Å². The summed E-state index contributed by atoms with van der Waals surface area (Å²) in [5.74, 6) is 1.42. The molecule has 1 aromatic rings. The van der Waals surface area contributed by atoms with Crippen LogP contribution in [0.4, 0.5) is 0 Å². The fourth-order valence-electron chi connectivity index (χ4n) is 2.09. The zero-order chi connectivity index (χ0) is 12.6. The summed E-state index contributed by atoms with van der Waals surface area (Å²) >= 11 is 6.14. The number of benzene rings is 1. The number of nitrogens with two attached hydrogens (primary N) is 1. The van der Waals surface area contributed by atoms with E-state index in [4.69, 9.17) is 22.1 Å². The number of hydrogen-bond donors (Lipinski definition) is 1. The summed E-state index contributed by atoms with van der Waals surface area (Å²) in [5, 5.41) is 0.781. The number of hydrogen-bond acceptors (Lipinski definition) is 2. The second-order valence-corrected chi connectivity index (χ2v) is 5.93. The van der Waals surface area contributed by atoms with E-state index in [1.165, 1.54) is 5.56 Å². The van der Waals surface area contributed by atoms with Crippen molar-refractivity contribution in [1.82, 2.24) is 0 Å². The van der Waals surface area contributed by atoms with Crippen LogP contribution in [0, 0.1) is 5.92 Å². The lowest BCUT2D eigenvalue weighted by atomic mass is 9.83. The van der Waals surface area contributed by atoms with Gasteiger partial charge in [0.25, 0.3) is 0 Å². The molecule has 1 atom stereocenters. The third-order valence-corrected chi connectivity index (χ3v) is 3.93. The van der Waals surface area contributed by atoms with Crippen molar-refractivity contribution in [2.24, 2.45) is 11.7 Å². The summed E-state index contributed by atoms with van der Waals surface area (Å²) in [4.78, 5) is 0. The van der Waals surface area contributed by atoms with Crippen molar-refractivity contribution in [1.29, 1.82) is 0 Å². The van der Waals surface area contributed by atoms with Crippen molar-refractivity contribution in [2.75, 3.05) is 6.61 Å². The van der Waals surface area contributed by atoms with Crippen molar-refractivity contribution in [2.45, 2.75) is 39.2 Å². The Morgan fingerprint density at radius 3 is 2.82 bits per heavy atom. The Morgan fingerprint density at radius 2 is 2.18 bits per heavy atom. The van der Waals surface area contributed by atoms with Crippen molar-refractivity contribution in [3.05, 3.63) is 28.3 Å². The first-order chi connectivity index (χ1) is 7.90. The highest BCUT2D eigenvalue weighted by Gasteiger charge is 2.27. The fourth-order valence-corrected chi connectivity index (χ4v) is 2.36. The average Bonchev–Trinajstić information content (AvgIpc) is 2.64. The molecule has 3 heteroatoms. The molecular weight excluding hydrogens is 234 g/mol. The van der Waals surface area contributed by atoms with E-state index >= 15 is 0 Å². The van der Waals surface area contributed by atoms with Crippen LogP contribution in [0.15, 0.2) is 12.1 Å². The van der Waals surface area contributed by atoms with Crippen LogP contribution in [0.25, 0.3) is 0 Å². The van der Waals surface area contributed by atoms with Crippen LogP contribution in [0.3, 0.4) is 0 Å². The molecule has 1 unspecified atom stereocenters. The molecule has 0 amide bonds. The van der Waals surface area contributed by atoms with E-state index in [0.29, 0.717) is 5.92 Å². The molecule has 94 valence electrons. The Bertz CT molecular complexity index is 426. The van der Waals surface area contributed by atoms with Gasteiger partial charge in [0.15, 0.2) is 0 Å². The van der Waals surface area contributed by atoms with Gasteiger partial charge >= 0.3 is 0 Å². The zero-order valence-electron chi connectivity index (χ0n) is 10.7. The SMILES string of the molecule is CC(C)C(C)(N)Cc1cc(Cl)cc2c1OCC2. The molecule has 0 aliphatic carbocycles. The molecule has 1 aliphatic heterocycles. The normalized spacial score (nSPS) is 17.8. The third kappa shape index (κ3) is 2.58. The maximum Gasteiger partial charge on any atom is 0.125 e. The Kier molecular flexibility index (Phi) is 3.37. The van der Waals surface area contributed by atoms with E-state index in [9.17, 15) is 0 Å². The van der Waals surface area contributed by atoms with Crippen LogP contribution in [0.1, 0.15) is 31.9 Å². The maximum absolute atomic E-state index is 6.34. The first-order valence-corrected chi connectivity index (χ1v) is 6.51. The molecule has 0 bridgehead atoms. The number of fused-ring (bicyclic) bond motifs is 1. The van der Waals surface area contributed by atoms with Gasteiger partial charge in [-0.2, -0.15) is 0 Å². The highest BCUT2D eigenvalue weighted by molar-refractivity contribution is 6.30. The van der Waals surface area contributed by atoms with E-state index in [2.05, 4.69) is 20.8 Å². The van der Waals surface area contributed by atoms with Crippen molar-refractivity contribution in [3.63, 3.8) is 0 Å². The van der Waals surface area contributed by atoms with Crippen LogP contribution >= 0.6 is 11.6 Å². The van der Waals surface area contributed by atoms with Gasteiger partial charge in [-0.25, -0.2) is 0 Å². The van der Waals surface area contributed by atoms with Gasteiger partial charge in [-0.1, -0.05) is 25.4 Å². The third-order valence-electron chi connectivity index (χ3n) is 3.72. The fraction of sp³-hybridized carbons (Fsp3) is 0.571. The molecule has 0 fully saturated rings. The quantitative estimate of drug-likeness (QED) is 0.898. The smallest absolute Gasteiger partial charge is 0.125 e. The van der Waals surface area contributed by atoms with Gasteiger partial charge in [0.2, 0.25) is 0 Å². The van der Waals surface area contributed by atoms with Crippen LogP contribution in [-0.4, -0.2) is 12.1 Å². The monoisotopic (exact) mass is 253 g/mol. The summed E-state index contributed by atoms with van der Waals surface area (Å²) in [6, 6.07) is 3.98. The predicted octanol–water partition coefficient (Wildman–Crippen LogP) is 3.19. The molecule has 0 radical (unpaired) electrons. The number of ether oxygens (including phenoxy) is 1. The van der Waals surface area contributed by atoms with Crippen LogP contribution in [-0.2, 0) is 12.8 Å². The van der Waals surface area contributed by atoms with Gasteiger partial charge in [-0.05, 0) is 42.5 Å². The summed E-state index contributed by atoms with van der Waals surface area (Å²) in [5.41, 5.74) is 8.46. The highest BCUT2D eigenvalue weighted by atomic mass is 35.5. The Hall–Kier alpha value is -0.730. The maximum atomic E-state index is 6.34. The van der Waals surface area contributed by atoms with Crippen molar-refractivity contribution >= 4 is 11.6 Å². The minimum atomic E-state index is -0.232. The number of halogens is 1. The van der Waals surface area contributed by atoms with Gasteiger partial charge in [0.1, 0.15) is 5.75 Å². The Balaban J connectivity index is 2.33. The summed E-state index contributed by atoms with van der Waals surface area (Å²) in [7, 11) is 0. The van der Waals surface area contributed by atoms with E-state index in [1.54, 1.807) is 0 Å². The van der Waals surface area contributed by atoms with E-state index in [0.717, 1.165) is 35.8 Å². The van der Waals surface area contributed by atoms with Gasteiger partial charge in [0, 0.05) is 17.0 Å². The van der Waals surface area contributed by atoms with Gasteiger partial charge in [-0.3, -0.25) is 0 Å². The number of rotatable bonds is 3.